The van der Waals surface area contributed by atoms with E-state index in [-0.39, 0.29) is 0 Å². The van der Waals surface area contributed by atoms with Crippen molar-refractivity contribution < 1.29 is 0 Å². The summed E-state index contributed by atoms with van der Waals surface area (Å²) in [6, 6.07) is 54.3. The zero-order chi connectivity index (χ0) is 30.8. The van der Waals surface area contributed by atoms with Gasteiger partial charge in [-0.1, -0.05) is 54.6 Å². The van der Waals surface area contributed by atoms with Crippen molar-refractivity contribution in [2.24, 2.45) is 0 Å². The maximum Gasteiger partial charge on any atom is 0.0646 e. The molecule has 1 heterocycles. The number of fused-ring (bicyclic) bond motifs is 3. The first kappa shape index (κ1) is 29.6. The van der Waals surface area contributed by atoms with Crippen LogP contribution in [0.3, 0.4) is 0 Å². The number of nitrogens with zero attached hydrogens (tertiary/aromatic N) is 4. The van der Waals surface area contributed by atoms with Gasteiger partial charge in [-0.05, 0) is 130 Å². The monoisotopic (exact) mass is 810 g/mol. The van der Waals surface area contributed by atoms with E-state index < -0.39 is 21.0 Å². The van der Waals surface area contributed by atoms with Crippen molar-refractivity contribution in [1.82, 2.24) is 4.57 Å². The van der Waals surface area contributed by atoms with Gasteiger partial charge in [-0.3, -0.25) is 6.23 Å². The van der Waals surface area contributed by atoms with Crippen LogP contribution in [0.25, 0.3) is 27.5 Å². The summed E-state index contributed by atoms with van der Waals surface area (Å²) in [6.07, 6.45) is 0. The third kappa shape index (κ3) is 5.73. The normalized spacial score (nSPS) is 11.2. The van der Waals surface area contributed by atoms with Gasteiger partial charge < -0.3 is 9.47 Å². The van der Waals surface area contributed by atoms with Crippen LogP contribution in [0.15, 0.2) is 152 Å². The van der Waals surface area contributed by atoms with Crippen molar-refractivity contribution in [3.05, 3.63) is 152 Å². The molecule has 0 fully saturated rings. The van der Waals surface area contributed by atoms with Crippen molar-refractivity contribution in [1.29, 1.82) is 0 Å². The number of hydrogen-bond acceptors (Lipinski definition) is 3. The summed E-state index contributed by atoms with van der Waals surface area (Å²) in [5.41, 5.74) is 10.5. The molecule has 0 radical (unpaired) electrons. The van der Waals surface area contributed by atoms with E-state index in [0.29, 0.717) is 0 Å². The number of hydrogen-bond donors (Lipinski definition) is 0. The first-order valence-corrected chi connectivity index (χ1v) is 18.4. The largest absolute Gasteiger partial charge is 0.342 e. The quantitative estimate of drug-likeness (QED) is 0.107. The second kappa shape index (κ2) is 13.1. The number of benzene rings is 6. The maximum absolute atomic E-state index is 4.38. The van der Waals surface area contributed by atoms with Crippen LogP contribution in [-0.2, 0) is 0 Å². The van der Waals surface area contributed by atoms with Crippen molar-refractivity contribution >= 4 is 104 Å². The molecule has 0 atom stereocenters. The Kier molecular flexibility index (Phi) is 8.58. The van der Waals surface area contributed by atoms with Crippen LogP contribution in [0.2, 0.25) is 0 Å². The summed E-state index contributed by atoms with van der Waals surface area (Å²) in [6.45, 7) is 3.09. The maximum atomic E-state index is 4.38. The molecule has 0 aliphatic rings. The van der Waals surface area contributed by atoms with E-state index in [1.54, 1.807) is 0 Å². The molecule has 0 saturated carbocycles. The number of anilines is 6. The smallest absolute Gasteiger partial charge is 0.0646 e. The molecule has 4 nitrogen and oxygen atoms in total. The zero-order valence-electron chi connectivity index (χ0n) is 24.9. The average Bonchev–Trinajstić information content (AvgIpc) is 3.43. The van der Waals surface area contributed by atoms with Gasteiger partial charge in [0.05, 0.1) is 56.6 Å². The van der Waals surface area contributed by atoms with Crippen LogP contribution in [0.1, 0.15) is 6.92 Å². The van der Waals surface area contributed by atoms with E-state index in [1.807, 2.05) is 0 Å². The van der Waals surface area contributed by atoms with Gasteiger partial charge in [-0.25, -0.2) is 0 Å². The zero-order valence-corrected chi connectivity index (χ0v) is 29.2. The molecule has 6 aromatic carbocycles. The van der Waals surface area contributed by atoms with Crippen LogP contribution in [-0.4, -0.2) is 15.6 Å². The molecule has 0 saturated heterocycles. The Balaban J connectivity index is 1.38. The van der Waals surface area contributed by atoms with Crippen molar-refractivity contribution in [3.63, 3.8) is 0 Å². The lowest BCUT2D eigenvalue weighted by molar-refractivity contribution is 1.02. The number of aromatic nitrogens is 1. The summed E-state index contributed by atoms with van der Waals surface area (Å²) in [4.78, 5) is 2.34. The van der Waals surface area contributed by atoms with Gasteiger partial charge in [0.1, 0.15) is 0 Å². The minimum Gasteiger partial charge on any atom is -0.342 e. The Hall–Kier alpha value is -4.15. The topological polar surface area (TPSA) is 14.7 Å². The Labute approximate surface area is 288 Å². The molecule has 6 heteroatoms. The Morgan fingerprint density at radius 3 is 1.58 bits per heavy atom. The molecule has 222 valence electrons. The van der Waals surface area contributed by atoms with Gasteiger partial charge in [0.15, 0.2) is 0 Å². The lowest BCUT2D eigenvalue weighted by atomic mass is 10.1. The van der Waals surface area contributed by atoms with E-state index in [9.17, 15) is 0 Å². The molecule has 0 spiro atoms. The third-order valence-corrected chi connectivity index (χ3v) is 11.0. The molecular formula is C39H32I2N4. The molecule has 0 N–H and O–H groups in total. The molecular weight excluding hydrogens is 778 g/mol. The fraction of sp³-hybridized carbons (Fsp3) is 0.0513. The number of rotatable bonds is 9. The highest BCUT2D eigenvalue weighted by molar-refractivity contribution is 14.2. The Morgan fingerprint density at radius 1 is 0.556 bits per heavy atom. The third-order valence-electron chi connectivity index (χ3n) is 8.07. The van der Waals surface area contributed by atoms with Crippen molar-refractivity contribution in [2.45, 2.75) is 6.92 Å². The fourth-order valence-electron chi connectivity index (χ4n) is 5.98. The number of halogens is 2. The summed E-state index contributed by atoms with van der Waals surface area (Å²) in [5.74, 6) is 0. The summed E-state index contributed by atoms with van der Waals surface area (Å²) < 4.78 is 11.4. The summed E-state index contributed by atoms with van der Waals surface area (Å²) >= 11 is 1.94. The van der Waals surface area contributed by atoms with Crippen molar-refractivity contribution in [2.75, 3.05) is 17.7 Å². The Bertz CT molecular complexity index is 2080. The lowest BCUT2D eigenvalue weighted by Gasteiger charge is -2.23. The first-order valence-electron chi connectivity index (χ1n) is 14.9. The standard InChI is InChI=1S/C39H32I2N4/c1-3-42(29-13-7-4-8-14-29)30-19-21-31(22-20-30)43-38-25-23-34(44(40)32-15-9-5-10-16-32)27-36(38)37-28-35(24-26-39(37)43)45(41-2)33-17-11-6-12-18-33/h4-28H,2-3H2,1H3. The van der Waals surface area contributed by atoms with Gasteiger partial charge >= 0.3 is 0 Å². The molecule has 0 bridgehead atoms. The van der Waals surface area contributed by atoms with Crippen LogP contribution >= 0.6 is 43.9 Å². The predicted octanol–water partition coefficient (Wildman–Crippen LogP) is 11.9. The van der Waals surface area contributed by atoms with Gasteiger partial charge in [0.25, 0.3) is 0 Å². The van der Waals surface area contributed by atoms with Gasteiger partial charge in [-0.2, -0.15) is 0 Å². The second-order valence-electron chi connectivity index (χ2n) is 10.7. The summed E-state index contributed by atoms with van der Waals surface area (Å²) in [7, 11) is 0. The van der Waals surface area contributed by atoms with Crippen LogP contribution in [0.5, 0.6) is 0 Å². The summed E-state index contributed by atoms with van der Waals surface area (Å²) in [5, 5.41) is 2.45. The number of para-hydroxylation sites is 3. The van der Waals surface area contributed by atoms with E-state index in [4.69, 9.17) is 0 Å². The van der Waals surface area contributed by atoms with E-state index in [2.05, 4.69) is 202 Å². The lowest BCUT2D eigenvalue weighted by Crippen LogP contribution is -2.15. The molecule has 1 aromatic heterocycles. The van der Waals surface area contributed by atoms with Crippen LogP contribution < -0.4 is 11.1 Å². The fourth-order valence-corrected chi connectivity index (χ4v) is 8.01. The first-order chi connectivity index (χ1) is 22.2. The van der Waals surface area contributed by atoms with Gasteiger partial charge in [0, 0.05) is 34.4 Å². The molecule has 45 heavy (non-hydrogen) atoms. The molecule has 0 unspecified atom stereocenters. The Morgan fingerprint density at radius 2 is 1.02 bits per heavy atom. The molecule has 7 aromatic rings. The SMILES string of the molecule is C=IN(c1ccccc1)c1ccc2c(c1)c1cc(N(I)c3ccccc3)ccc1n2-c1ccc(N(CC)c2ccccc2)cc1. The van der Waals surface area contributed by atoms with E-state index in [0.717, 1.165) is 23.6 Å². The van der Waals surface area contributed by atoms with Gasteiger partial charge in [-0.15, -0.1) is 0 Å². The molecule has 0 aliphatic carbocycles. The molecule has 0 amide bonds. The molecule has 7 rings (SSSR count). The van der Waals surface area contributed by atoms with Crippen molar-refractivity contribution in [3.8, 4) is 5.69 Å². The average molecular weight is 811 g/mol. The highest BCUT2D eigenvalue weighted by Gasteiger charge is 2.18. The minimum atomic E-state index is -0.471. The van der Waals surface area contributed by atoms with E-state index >= 15 is 0 Å². The van der Waals surface area contributed by atoms with E-state index in [1.165, 1.54) is 44.6 Å². The molecule has 0 aliphatic heterocycles. The van der Waals surface area contributed by atoms with Gasteiger partial charge in [0.2, 0.25) is 0 Å². The predicted molar refractivity (Wildman–Crippen MR) is 212 cm³/mol. The second-order valence-corrected chi connectivity index (χ2v) is 13.3. The highest BCUT2D eigenvalue weighted by Crippen LogP contribution is 2.41. The van der Waals surface area contributed by atoms with Crippen LogP contribution in [0, 0.1) is 0 Å². The minimum absolute atomic E-state index is 0.471. The highest BCUT2D eigenvalue weighted by atomic mass is 127. The van der Waals surface area contributed by atoms with Crippen LogP contribution in [0.4, 0.5) is 34.1 Å².